The van der Waals surface area contributed by atoms with Gasteiger partial charge in [-0.3, -0.25) is 4.57 Å². The molecule has 0 saturated carbocycles. The van der Waals surface area contributed by atoms with Gasteiger partial charge in [-0.05, 0) is 50.5 Å². The maximum absolute atomic E-state index is 5.34. The fraction of sp³-hybridized carbons (Fsp3) is 0. The summed E-state index contributed by atoms with van der Waals surface area (Å²) in [6.07, 6.45) is 0. The molecule has 0 aliphatic carbocycles. The van der Waals surface area contributed by atoms with E-state index in [1.807, 2.05) is 6.07 Å². The van der Waals surface area contributed by atoms with Crippen molar-refractivity contribution in [3.63, 3.8) is 0 Å². The van der Waals surface area contributed by atoms with Gasteiger partial charge >= 0.3 is 0 Å². The minimum Gasteiger partial charge on any atom is -0.292 e. The van der Waals surface area contributed by atoms with Crippen LogP contribution in [0.1, 0.15) is 0 Å². The highest BCUT2D eigenvalue weighted by Crippen LogP contribution is 2.43. The van der Waals surface area contributed by atoms with Crippen molar-refractivity contribution in [2.45, 2.75) is 0 Å². The monoisotopic (exact) mass is 577 g/mol. The highest BCUT2D eigenvalue weighted by Gasteiger charge is 2.22. The van der Waals surface area contributed by atoms with Crippen molar-refractivity contribution in [1.82, 2.24) is 14.5 Å². The van der Waals surface area contributed by atoms with E-state index in [9.17, 15) is 0 Å². The highest BCUT2D eigenvalue weighted by molar-refractivity contribution is 7.26. The molecule has 0 aliphatic rings. The van der Waals surface area contributed by atoms with E-state index in [4.69, 9.17) is 9.97 Å². The predicted octanol–water partition coefficient (Wildman–Crippen LogP) is 11.1. The quantitative estimate of drug-likeness (QED) is 0.191. The van der Waals surface area contributed by atoms with Gasteiger partial charge in [-0.2, -0.15) is 0 Å². The first kappa shape index (κ1) is 23.9. The average Bonchev–Trinajstić information content (AvgIpc) is 3.64. The van der Waals surface area contributed by atoms with Crippen molar-refractivity contribution in [3.05, 3.63) is 140 Å². The number of nitrogens with zero attached hydrogens (tertiary/aromatic N) is 3. The summed E-state index contributed by atoms with van der Waals surface area (Å²) in [5, 5.41) is 11.3. The molecule has 7 aromatic carbocycles. The lowest BCUT2D eigenvalue weighted by molar-refractivity contribution is 1.08. The minimum atomic E-state index is 0.737. The first-order valence-corrected chi connectivity index (χ1v) is 15.7. The van der Waals surface area contributed by atoms with Gasteiger partial charge in [-0.15, -0.1) is 11.3 Å². The average molecular weight is 578 g/mol. The lowest BCUT2D eigenvalue weighted by Crippen LogP contribution is -2.01. The molecule has 3 nitrogen and oxygen atoms in total. The summed E-state index contributed by atoms with van der Waals surface area (Å²) in [4.78, 5) is 10.5. The summed E-state index contributed by atoms with van der Waals surface area (Å²) >= 11 is 1.77. The normalized spacial score (nSPS) is 12.1. The zero-order chi connectivity index (χ0) is 28.8. The molecule has 3 aromatic heterocycles. The Hall–Kier alpha value is -5.58. The summed E-state index contributed by atoms with van der Waals surface area (Å²) in [6, 6.07) is 50.0. The predicted molar refractivity (Wildman–Crippen MR) is 187 cm³/mol. The number of rotatable bonds is 2. The third-order valence-corrected chi connectivity index (χ3v) is 10.1. The lowest BCUT2D eigenvalue weighted by Gasteiger charge is -2.12. The number of para-hydroxylation sites is 1. The van der Waals surface area contributed by atoms with Crippen LogP contribution in [0.2, 0.25) is 0 Å². The van der Waals surface area contributed by atoms with Gasteiger partial charge in [0.15, 0.2) is 11.6 Å². The van der Waals surface area contributed by atoms with Gasteiger partial charge in [0, 0.05) is 26.4 Å². The topological polar surface area (TPSA) is 30.7 Å². The summed E-state index contributed by atoms with van der Waals surface area (Å²) in [7, 11) is 0. The van der Waals surface area contributed by atoms with E-state index in [0.29, 0.717) is 0 Å². The van der Waals surface area contributed by atoms with Gasteiger partial charge in [0.2, 0.25) is 0 Å². The van der Waals surface area contributed by atoms with E-state index in [1.165, 1.54) is 47.8 Å². The molecule has 3 heterocycles. The Labute approximate surface area is 256 Å². The van der Waals surface area contributed by atoms with E-state index in [1.54, 1.807) is 11.3 Å². The SMILES string of the molecule is c1ccc(-c2nc(-n3c4ccccc4c4c5ccc6ccc7ccccc7c6c5ccc43)c3sc4ccccc4c3n2)cc1. The number of hydrogen-bond donors (Lipinski definition) is 0. The van der Waals surface area contributed by atoms with E-state index in [2.05, 4.69) is 138 Å². The summed E-state index contributed by atoms with van der Waals surface area (Å²) in [5.74, 6) is 1.66. The fourth-order valence-corrected chi connectivity index (χ4v) is 8.17. The Bertz CT molecular complexity index is 2770. The number of benzene rings is 7. The molecule has 10 rings (SSSR count). The van der Waals surface area contributed by atoms with Crippen LogP contribution in [0, 0.1) is 0 Å². The van der Waals surface area contributed by atoms with Crippen LogP contribution < -0.4 is 0 Å². The van der Waals surface area contributed by atoms with Crippen molar-refractivity contribution in [2.75, 3.05) is 0 Å². The summed E-state index contributed by atoms with van der Waals surface area (Å²) in [5.41, 5.74) is 4.30. The van der Waals surface area contributed by atoms with Crippen LogP contribution in [0.25, 0.3) is 91.6 Å². The minimum absolute atomic E-state index is 0.737. The molecular weight excluding hydrogens is 555 g/mol. The molecule has 0 fully saturated rings. The van der Waals surface area contributed by atoms with Crippen LogP contribution in [0.4, 0.5) is 0 Å². The molecule has 0 spiro atoms. The molecule has 4 heteroatoms. The Kier molecular flexibility index (Phi) is 4.87. The number of thiophene rings is 1. The molecule has 0 saturated heterocycles. The van der Waals surface area contributed by atoms with Crippen molar-refractivity contribution in [3.8, 4) is 17.2 Å². The number of fused-ring (bicyclic) bond motifs is 12. The third kappa shape index (κ3) is 3.26. The van der Waals surface area contributed by atoms with Crippen molar-refractivity contribution in [2.24, 2.45) is 0 Å². The number of aromatic nitrogens is 3. The molecule has 204 valence electrons. The van der Waals surface area contributed by atoms with E-state index < -0.39 is 0 Å². The molecule has 44 heavy (non-hydrogen) atoms. The van der Waals surface area contributed by atoms with Gasteiger partial charge in [0.25, 0.3) is 0 Å². The zero-order valence-corrected chi connectivity index (χ0v) is 24.3. The van der Waals surface area contributed by atoms with Crippen LogP contribution in [0.15, 0.2) is 140 Å². The molecule has 10 aromatic rings. The maximum Gasteiger partial charge on any atom is 0.162 e. The standard InChI is InChI=1S/C40H23N3S/c1-2-11-26(12-3-1)39-41-37-31-15-7-9-17-34(31)44-38(37)40(42-39)43-32-16-8-6-14-30(32)36-29-21-20-25-19-18-24-10-4-5-13-27(24)35(25)28(29)22-23-33(36)43/h1-23H. The molecule has 0 radical (unpaired) electrons. The van der Waals surface area contributed by atoms with Crippen LogP contribution in [-0.4, -0.2) is 14.5 Å². The summed E-state index contributed by atoms with van der Waals surface area (Å²) < 4.78 is 4.68. The van der Waals surface area contributed by atoms with Gasteiger partial charge in [-0.25, -0.2) is 9.97 Å². The van der Waals surface area contributed by atoms with Gasteiger partial charge in [0.1, 0.15) is 0 Å². The van der Waals surface area contributed by atoms with E-state index in [-0.39, 0.29) is 0 Å². The second-order valence-corrected chi connectivity index (χ2v) is 12.4. The van der Waals surface area contributed by atoms with E-state index in [0.717, 1.165) is 43.8 Å². The van der Waals surface area contributed by atoms with Crippen LogP contribution in [0.3, 0.4) is 0 Å². The van der Waals surface area contributed by atoms with Crippen LogP contribution in [0.5, 0.6) is 0 Å². The van der Waals surface area contributed by atoms with E-state index >= 15 is 0 Å². The maximum atomic E-state index is 5.34. The Morgan fingerprint density at radius 1 is 0.455 bits per heavy atom. The lowest BCUT2D eigenvalue weighted by atomic mass is 9.94. The van der Waals surface area contributed by atoms with Gasteiger partial charge < -0.3 is 0 Å². The molecule has 0 atom stereocenters. The highest BCUT2D eigenvalue weighted by atomic mass is 32.1. The fourth-order valence-electron chi connectivity index (χ4n) is 7.05. The smallest absolute Gasteiger partial charge is 0.162 e. The molecule has 0 unspecified atom stereocenters. The van der Waals surface area contributed by atoms with Crippen molar-refractivity contribution >= 4 is 85.8 Å². The number of hydrogen-bond acceptors (Lipinski definition) is 3. The second kappa shape index (κ2) is 8.96. The largest absolute Gasteiger partial charge is 0.292 e. The van der Waals surface area contributed by atoms with Crippen LogP contribution in [-0.2, 0) is 0 Å². The molecule has 0 bridgehead atoms. The molecular formula is C40H23N3S. The first-order valence-electron chi connectivity index (χ1n) is 14.8. The molecule has 0 aliphatic heterocycles. The van der Waals surface area contributed by atoms with Crippen molar-refractivity contribution < 1.29 is 0 Å². The van der Waals surface area contributed by atoms with Gasteiger partial charge in [0.05, 0.1) is 21.3 Å². The summed E-state index contributed by atoms with van der Waals surface area (Å²) in [6.45, 7) is 0. The van der Waals surface area contributed by atoms with Gasteiger partial charge in [-0.1, -0.05) is 121 Å². The Balaban J connectivity index is 1.38. The second-order valence-electron chi connectivity index (χ2n) is 11.4. The van der Waals surface area contributed by atoms with Crippen molar-refractivity contribution in [1.29, 1.82) is 0 Å². The third-order valence-electron chi connectivity index (χ3n) is 8.98. The Morgan fingerprint density at radius 2 is 1.14 bits per heavy atom. The molecule has 0 N–H and O–H groups in total. The molecule has 0 amide bonds. The van der Waals surface area contributed by atoms with Crippen LogP contribution >= 0.6 is 11.3 Å². The first-order chi connectivity index (χ1) is 21.8. The Morgan fingerprint density at radius 3 is 2.05 bits per heavy atom. The zero-order valence-electron chi connectivity index (χ0n) is 23.5.